The van der Waals surface area contributed by atoms with Crippen molar-refractivity contribution in [3.63, 3.8) is 0 Å². The zero-order valence-electron chi connectivity index (χ0n) is 18.0. The number of hydrogen-bond donors (Lipinski definition) is 3. The van der Waals surface area contributed by atoms with Gasteiger partial charge in [-0.1, -0.05) is 24.3 Å². The second kappa shape index (κ2) is 8.84. The molecular weight excluding hydrogens is 388 g/mol. The number of nitrogens with zero attached hydrogens (tertiary/aromatic N) is 2. The number of rotatable bonds is 7. The van der Waals surface area contributed by atoms with Crippen LogP contribution in [0.3, 0.4) is 0 Å². The molecule has 0 saturated carbocycles. The number of aromatic nitrogens is 1. The number of likely N-dealkylation sites (tertiary alicyclic amines) is 1. The molecule has 1 aromatic heterocycles. The summed E-state index contributed by atoms with van der Waals surface area (Å²) in [5.74, 6) is 0.415. The molecule has 1 aliphatic heterocycles. The van der Waals surface area contributed by atoms with E-state index in [1.165, 1.54) is 5.69 Å². The molecule has 6 heteroatoms. The van der Waals surface area contributed by atoms with Gasteiger partial charge in [0.15, 0.2) is 0 Å². The van der Waals surface area contributed by atoms with Crippen molar-refractivity contribution < 1.29 is 9.90 Å². The van der Waals surface area contributed by atoms with Gasteiger partial charge in [-0.15, -0.1) is 0 Å². The van der Waals surface area contributed by atoms with E-state index in [0.29, 0.717) is 6.42 Å². The molecule has 162 valence electrons. The second-order valence-electron chi connectivity index (χ2n) is 8.34. The maximum atomic E-state index is 12.9. The highest BCUT2D eigenvalue weighted by Crippen LogP contribution is 2.27. The normalized spacial score (nSPS) is 16.2. The Morgan fingerprint density at radius 3 is 2.81 bits per heavy atom. The fourth-order valence-corrected chi connectivity index (χ4v) is 4.78. The van der Waals surface area contributed by atoms with Gasteiger partial charge >= 0.3 is 0 Å². The first-order valence-electron chi connectivity index (χ1n) is 11.0. The average Bonchev–Trinajstić information content (AvgIpc) is 3.35. The van der Waals surface area contributed by atoms with Crippen LogP contribution in [0.4, 0.5) is 0 Å². The molecule has 0 spiro atoms. The van der Waals surface area contributed by atoms with E-state index in [1.807, 2.05) is 29.2 Å². The largest absolute Gasteiger partial charge is 0.508 e. The molecule has 2 aromatic carbocycles. The summed E-state index contributed by atoms with van der Waals surface area (Å²) >= 11 is 0. The quantitative estimate of drug-likeness (QED) is 0.402. The Kier molecular flexibility index (Phi) is 5.98. The van der Waals surface area contributed by atoms with Crippen LogP contribution in [0.2, 0.25) is 0 Å². The van der Waals surface area contributed by atoms with Crippen LogP contribution >= 0.6 is 0 Å². The number of phenols is 1. The van der Waals surface area contributed by atoms with Gasteiger partial charge in [0.2, 0.25) is 5.91 Å². The highest BCUT2D eigenvalue weighted by molar-refractivity contribution is 5.98. The molecule has 4 rings (SSSR count). The first-order valence-corrected chi connectivity index (χ1v) is 11.0. The van der Waals surface area contributed by atoms with Gasteiger partial charge in [0.1, 0.15) is 11.6 Å². The van der Waals surface area contributed by atoms with Crippen molar-refractivity contribution >= 4 is 22.6 Å². The highest BCUT2D eigenvalue weighted by atomic mass is 16.3. The third-order valence-corrected chi connectivity index (χ3v) is 6.31. The van der Waals surface area contributed by atoms with Crippen molar-refractivity contribution in [2.45, 2.75) is 51.6 Å². The SMILES string of the molecule is CCn1c(CC[C@@H]2CCCN2C(=O)Cc2cccc(O)c2)cc2ccc(C(=N)N)cc21. The second-order valence-corrected chi connectivity index (χ2v) is 8.34. The number of amides is 1. The first-order chi connectivity index (χ1) is 15.0. The standard InChI is InChI=1S/C25H30N4O2/c1-2-28-21(15-18-8-9-19(25(26)27)16-23(18)28)11-10-20-6-4-12-29(20)24(31)14-17-5-3-7-22(30)13-17/h3,5,7-9,13,15-16,20,30H,2,4,6,10-12,14H2,1H3,(H3,26,27)/t20-/m0/s1. The number of phenolic OH excluding ortho intramolecular Hbond substituents is 1. The predicted molar refractivity (Wildman–Crippen MR) is 123 cm³/mol. The van der Waals surface area contributed by atoms with Crippen LogP contribution in [-0.4, -0.2) is 38.9 Å². The van der Waals surface area contributed by atoms with Crippen molar-refractivity contribution in [3.05, 3.63) is 65.4 Å². The number of carbonyl (C=O) groups is 1. The number of nitrogen functional groups attached to an aromatic ring is 1. The summed E-state index contributed by atoms with van der Waals surface area (Å²) in [4.78, 5) is 14.9. The maximum absolute atomic E-state index is 12.9. The lowest BCUT2D eigenvalue weighted by molar-refractivity contribution is -0.131. The van der Waals surface area contributed by atoms with Gasteiger partial charge in [-0.2, -0.15) is 0 Å². The molecular formula is C25H30N4O2. The van der Waals surface area contributed by atoms with Crippen molar-refractivity contribution in [2.24, 2.45) is 5.73 Å². The molecule has 0 unspecified atom stereocenters. The van der Waals surface area contributed by atoms with E-state index >= 15 is 0 Å². The van der Waals surface area contributed by atoms with E-state index in [-0.39, 0.29) is 23.5 Å². The lowest BCUT2D eigenvalue weighted by atomic mass is 10.1. The van der Waals surface area contributed by atoms with Crippen LogP contribution in [-0.2, 0) is 24.2 Å². The molecule has 1 atom stereocenters. The average molecular weight is 419 g/mol. The Labute approximate surface area is 182 Å². The minimum Gasteiger partial charge on any atom is -0.508 e. The van der Waals surface area contributed by atoms with Gasteiger partial charge < -0.3 is 20.3 Å². The third-order valence-electron chi connectivity index (χ3n) is 6.31. The smallest absolute Gasteiger partial charge is 0.227 e. The molecule has 1 amide bonds. The number of amidine groups is 1. The molecule has 31 heavy (non-hydrogen) atoms. The topological polar surface area (TPSA) is 95.3 Å². The summed E-state index contributed by atoms with van der Waals surface area (Å²) in [5, 5.41) is 18.5. The number of nitrogens with one attached hydrogen (secondary N) is 1. The summed E-state index contributed by atoms with van der Waals surface area (Å²) in [7, 11) is 0. The number of aromatic hydroxyl groups is 1. The number of carbonyl (C=O) groups excluding carboxylic acids is 1. The number of aryl methyl sites for hydroxylation is 2. The number of benzene rings is 2. The van der Waals surface area contributed by atoms with E-state index in [1.54, 1.807) is 18.2 Å². The van der Waals surface area contributed by atoms with Crippen molar-refractivity contribution in [3.8, 4) is 5.75 Å². The number of hydrogen-bond acceptors (Lipinski definition) is 3. The Morgan fingerprint density at radius 2 is 2.06 bits per heavy atom. The summed E-state index contributed by atoms with van der Waals surface area (Å²) in [6.45, 7) is 3.79. The van der Waals surface area contributed by atoms with Crippen LogP contribution in [0, 0.1) is 5.41 Å². The Balaban J connectivity index is 1.47. The zero-order chi connectivity index (χ0) is 22.0. The summed E-state index contributed by atoms with van der Waals surface area (Å²) in [6, 6.07) is 15.3. The minimum atomic E-state index is 0.0825. The lowest BCUT2D eigenvalue weighted by Gasteiger charge is -2.25. The number of nitrogens with two attached hydrogens (primary N) is 1. The Bertz CT molecular complexity index is 1120. The molecule has 2 heterocycles. The minimum absolute atomic E-state index is 0.0825. The van der Waals surface area contributed by atoms with Gasteiger partial charge in [0, 0.05) is 35.9 Å². The summed E-state index contributed by atoms with van der Waals surface area (Å²) in [6.07, 6.45) is 4.23. The van der Waals surface area contributed by atoms with E-state index in [4.69, 9.17) is 11.1 Å². The van der Waals surface area contributed by atoms with Crippen molar-refractivity contribution in [2.75, 3.05) is 6.54 Å². The molecule has 0 bridgehead atoms. The van der Waals surface area contributed by atoms with Crippen LogP contribution in [0.1, 0.15) is 43.0 Å². The zero-order valence-corrected chi connectivity index (χ0v) is 18.0. The lowest BCUT2D eigenvalue weighted by Crippen LogP contribution is -2.36. The van der Waals surface area contributed by atoms with Gasteiger partial charge in [-0.3, -0.25) is 10.2 Å². The van der Waals surface area contributed by atoms with Crippen LogP contribution in [0.15, 0.2) is 48.5 Å². The molecule has 1 saturated heterocycles. The Morgan fingerprint density at radius 1 is 1.23 bits per heavy atom. The van der Waals surface area contributed by atoms with E-state index < -0.39 is 0 Å². The fraction of sp³-hybridized carbons (Fsp3) is 0.360. The molecule has 6 nitrogen and oxygen atoms in total. The molecule has 0 aliphatic carbocycles. The summed E-state index contributed by atoms with van der Waals surface area (Å²) in [5.41, 5.74) is 9.63. The van der Waals surface area contributed by atoms with Gasteiger partial charge in [0.25, 0.3) is 0 Å². The summed E-state index contributed by atoms with van der Waals surface area (Å²) < 4.78 is 2.29. The van der Waals surface area contributed by atoms with E-state index in [0.717, 1.165) is 60.8 Å². The molecule has 1 aliphatic rings. The van der Waals surface area contributed by atoms with Crippen LogP contribution in [0.5, 0.6) is 5.75 Å². The van der Waals surface area contributed by atoms with E-state index in [2.05, 4.69) is 17.6 Å². The van der Waals surface area contributed by atoms with Gasteiger partial charge in [-0.05, 0) is 67.8 Å². The molecule has 4 N–H and O–H groups in total. The van der Waals surface area contributed by atoms with Crippen LogP contribution < -0.4 is 5.73 Å². The maximum Gasteiger partial charge on any atom is 0.227 e. The molecule has 1 fully saturated rings. The monoisotopic (exact) mass is 418 g/mol. The van der Waals surface area contributed by atoms with Gasteiger partial charge in [-0.25, -0.2) is 0 Å². The predicted octanol–water partition coefficient (Wildman–Crippen LogP) is 3.82. The first kappa shape index (κ1) is 21.0. The van der Waals surface area contributed by atoms with Crippen molar-refractivity contribution in [1.29, 1.82) is 5.41 Å². The van der Waals surface area contributed by atoms with E-state index in [9.17, 15) is 9.90 Å². The third kappa shape index (κ3) is 4.43. The van der Waals surface area contributed by atoms with Crippen LogP contribution in [0.25, 0.3) is 10.9 Å². The van der Waals surface area contributed by atoms with Crippen molar-refractivity contribution in [1.82, 2.24) is 9.47 Å². The number of fused-ring (bicyclic) bond motifs is 1. The molecule has 0 radical (unpaired) electrons. The van der Waals surface area contributed by atoms with Gasteiger partial charge in [0.05, 0.1) is 6.42 Å². The fourth-order valence-electron chi connectivity index (χ4n) is 4.78. The highest BCUT2D eigenvalue weighted by Gasteiger charge is 2.28. The molecule has 3 aromatic rings. The Hall–Kier alpha value is -3.28.